The number of carbonyl (C=O) groups excluding carboxylic acids is 1. The lowest BCUT2D eigenvalue weighted by atomic mass is 10.1. The van der Waals surface area contributed by atoms with E-state index in [1.807, 2.05) is 18.2 Å². The predicted octanol–water partition coefficient (Wildman–Crippen LogP) is 3.07. The molecule has 33 heavy (non-hydrogen) atoms. The standard InChI is InChI=1S/C24H28N4O4S/c1-17-15-19(25)8-9-21(17)28-33(30,31)23-10-6-18(16-22(23)32-2)7-11-24(29)27-14-12-20-5-3-4-13-26-20/h3-6,8-10,13,15-16,28H,7,11-12,14,25H2,1-2H3,(H,27,29). The van der Waals surface area contributed by atoms with Gasteiger partial charge in [-0.2, -0.15) is 0 Å². The molecule has 3 rings (SSSR count). The molecule has 1 amide bonds. The van der Waals surface area contributed by atoms with Gasteiger partial charge in [0.25, 0.3) is 10.0 Å². The van der Waals surface area contributed by atoms with Crippen LogP contribution in [0.2, 0.25) is 0 Å². The van der Waals surface area contributed by atoms with Crippen LogP contribution in [0, 0.1) is 6.92 Å². The Morgan fingerprint density at radius 2 is 1.91 bits per heavy atom. The molecule has 2 aromatic carbocycles. The molecular weight excluding hydrogens is 440 g/mol. The topological polar surface area (TPSA) is 123 Å². The summed E-state index contributed by atoms with van der Waals surface area (Å²) < 4.78 is 33.8. The van der Waals surface area contributed by atoms with Crippen molar-refractivity contribution in [3.05, 3.63) is 77.6 Å². The third kappa shape index (κ3) is 6.69. The van der Waals surface area contributed by atoms with Crippen LogP contribution in [0.1, 0.15) is 23.2 Å². The van der Waals surface area contributed by atoms with Gasteiger partial charge in [0.1, 0.15) is 10.6 Å². The smallest absolute Gasteiger partial charge is 0.265 e. The molecule has 0 aliphatic rings. The number of nitrogens with two attached hydrogens (primary N) is 1. The van der Waals surface area contributed by atoms with Crippen LogP contribution in [-0.4, -0.2) is 33.0 Å². The summed E-state index contributed by atoms with van der Waals surface area (Å²) in [6, 6.07) is 15.4. The number of amides is 1. The van der Waals surface area contributed by atoms with Crippen molar-refractivity contribution >= 4 is 27.3 Å². The summed E-state index contributed by atoms with van der Waals surface area (Å²) >= 11 is 0. The molecule has 0 fully saturated rings. The van der Waals surface area contributed by atoms with Crippen molar-refractivity contribution in [2.24, 2.45) is 0 Å². The van der Waals surface area contributed by atoms with Gasteiger partial charge in [0.05, 0.1) is 12.8 Å². The van der Waals surface area contributed by atoms with E-state index >= 15 is 0 Å². The van der Waals surface area contributed by atoms with E-state index < -0.39 is 10.0 Å². The molecule has 4 N–H and O–H groups in total. The average Bonchev–Trinajstić information content (AvgIpc) is 2.80. The van der Waals surface area contributed by atoms with E-state index in [9.17, 15) is 13.2 Å². The van der Waals surface area contributed by atoms with Gasteiger partial charge in [0, 0.05) is 37.0 Å². The number of aryl methyl sites for hydroxylation is 2. The van der Waals surface area contributed by atoms with Crippen molar-refractivity contribution in [2.75, 3.05) is 24.1 Å². The molecule has 0 spiro atoms. The van der Waals surface area contributed by atoms with Crippen molar-refractivity contribution < 1.29 is 17.9 Å². The number of hydrogen-bond acceptors (Lipinski definition) is 6. The molecule has 174 valence electrons. The molecule has 0 saturated heterocycles. The predicted molar refractivity (Wildman–Crippen MR) is 129 cm³/mol. The first-order valence-corrected chi connectivity index (χ1v) is 12.0. The number of nitrogen functional groups attached to an aromatic ring is 1. The van der Waals surface area contributed by atoms with Gasteiger partial charge in [-0.05, 0) is 66.9 Å². The molecule has 0 unspecified atom stereocenters. The minimum Gasteiger partial charge on any atom is -0.495 e. The van der Waals surface area contributed by atoms with Gasteiger partial charge in [-0.25, -0.2) is 8.42 Å². The third-order valence-electron chi connectivity index (χ3n) is 5.08. The Bertz CT molecular complexity index is 1210. The Hall–Kier alpha value is -3.59. The zero-order valence-electron chi connectivity index (χ0n) is 18.7. The second-order valence-corrected chi connectivity index (χ2v) is 9.24. The van der Waals surface area contributed by atoms with E-state index in [1.165, 1.54) is 13.2 Å². The van der Waals surface area contributed by atoms with Crippen molar-refractivity contribution in [1.82, 2.24) is 10.3 Å². The first-order chi connectivity index (χ1) is 15.8. The molecule has 8 nitrogen and oxygen atoms in total. The highest BCUT2D eigenvalue weighted by molar-refractivity contribution is 7.92. The molecule has 0 aliphatic carbocycles. The monoisotopic (exact) mass is 468 g/mol. The van der Waals surface area contributed by atoms with Crippen LogP contribution >= 0.6 is 0 Å². The lowest BCUT2D eigenvalue weighted by Crippen LogP contribution is -2.26. The Morgan fingerprint density at radius 1 is 1.09 bits per heavy atom. The number of methoxy groups -OCH3 is 1. The molecule has 1 heterocycles. The summed E-state index contributed by atoms with van der Waals surface area (Å²) in [5, 5.41) is 2.88. The fraction of sp³-hybridized carbons (Fsp3) is 0.250. The normalized spacial score (nSPS) is 11.1. The number of benzene rings is 2. The molecule has 0 aliphatic heterocycles. The SMILES string of the molecule is COc1cc(CCC(=O)NCCc2ccccn2)ccc1S(=O)(=O)Nc1ccc(N)cc1C. The van der Waals surface area contributed by atoms with Gasteiger partial charge in [-0.15, -0.1) is 0 Å². The summed E-state index contributed by atoms with van der Waals surface area (Å²) in [7, 11) is -2.47. The highest BCUT2D eigenvalue weighted by Gasteiger charge is 2.21. The highest BCUT2D eigenvalue weighted by atomic mass is 32.2. The minimum atomic E-state index is -3.88. The number of sulfonamides is 1. The Labute approximate surface area is 194 Å². The maximum absolute atomic E-state index is 12.9. The van der Waals surface area contributed by atoms with E-state index in [2.05, 4.69) is 15.0 Å². The number of pyridine rings is 1. The Balaban J connectivity index is 1.61. The zero-order chi connectivity index (χ0) is 23.8. The van der Waals surface area contributed by atoms with Gasteiger partial charge in [0.15, 0.2) is 0 Å². The lowest BCUT2D eigenvalue weighted by Gasteiger charge is -2.14. The summed E-state index contributed by atoms with van der Waals surface area (Å²) in [6.45, 7) is 2.28. The summed E-state index contributed by atoms with van der Waals surface area (Å²) in [5.74, 6) is 0.130. The third-order valence-corrected chi connectivity index (χ3v) is 6.49. The van der Waals surface area contributed by atoms with Gasteiger partial charge in [-0.3, -0.25) is 14.5 Å². The lowest BCUT2D eigenvalue weighted by molar-refractivity contribution is -0.121. The van der Waals surface area contributed by atoms with Crippen LogP contribution in [0.25, 0.3) is 0 Å². The maximum atomic E-state index is 12.9. The summed E-state index contributed by atoms with van der Waals surface area (Å²) in [4.78, 5) is 16.4. The number of rotatable bonds is 10. The fourth-order valence-corrected chi connectivity index (χ4v) is 4.60. The summed E-state index contributed by atoms with van der Waals surface area (Å²) in [6.07, 6.45) is 3.12. The van der Waals surface area contributed by atoms with Crippen LogP contribution in [0.5, 0.6) is 5.75 Å². The van der Waals surface area contributed by atoms with Crippen molar-refractivity contribution in [2.45, 2.75) is 31.1 Å². The molecule has 9 heteroatoms. The van der Waals surface area contributed by atoms with Crippen LogP contribution in [0.3, 0.4) is 0 Å². The minimum absolute atomic E-state index is 0.0183. The van der Waals surface area contributed by atoms with Crippen LogP contribution in [-0.2, 0) is 27.7 Å². The number of anilines is 2. The largest absolute Gasteiger partial charge is 0.495 e. The molecule has 3 aromatic rings. The van der Waals surface area contributed by atoms with Crippen molar-refractivity contribution in [3.8, 4) is 5.75 Å². The van der Waals surface area contributed by atoms with Crippen molar-refractivity contribution in [1.29, 1.82) is 0 Å². The van der Waals surface area contributed by atoms with Gasteiger partial charge in [0.2, 0.25) is 5.91 Å². The van der Waals surface area contributed by atoms with Crippen LogP contribution < -0.4 is 20.5 Å². The molecule has 0 bridgehead atoms. The molecule has 0 atom stereocenters. The number of hydrogen-bond donors (Lipinski definition) is 3. The van der Waals surface area contributed by atoms with Crippen LogP contribution in [0.15, 0.2) is 65.7 Å². The first-order valence-electron chi connectivity index (χ1n) is 10.5. The van der Waals surface area contributed by atoms with Crippen molar-refractivity contribution in [3.63, 3.8) is 0 Å². The second kappa shape index (κ2) is 10.8. The molecular formula is C24H28N4O4S. The second-order valence-electron chi connectivity index (χ2n) is 7.59. The van der Waals surface area contributed by atoms with Gasteiger partial charge >= 0.3 is 0 Å². The number of carbonyl (C=O) groups is 1. The number of aromatic nitrogens is 1. The average molecular weight is 469 g/mol. The number of ether oxygens (including phenoxy) is 1. The van der Waals surface area contributed by atoms with E-state index in [0.29, 0.717) is 36.3 Å². The fourth-order valence-electron chi connectivity index (χ4n) is 3.31. The molecule has 0 radical (unpaired) electrons. The zero-order valence-corrected chi connectivity index (χ0v) is 19.5. The van der Waals surface area contributed by atoms with E-state index in [4.69, 9.17) is 10.5 Å². The first kappa shape index (κ1) is 24.1. The number of nitrogens with zero attached hydrogens (tertiary/aromatic N) is 1. The van der Waals surface area contributed by atoms with Crippen LogP contribution in [0.4, 0.5) is 11.4 Å². The Kier molecular flexibility index (Phi) is 7.89. The maximum Gasteiger partial charge on any atom is 0.265 e. The van der Waals surface area contributed by atoms with Gasteiger partial charge < -0.3 is 15.8 Å². The van der Waals surface area contributed by atoms with E-state index in [-0.39, 0.29) is 23.0 Å². The number of nitrogens with one attached hydrogen (secondary N) is 2. The summed E-state index contributed by atoms with van der Waals surface area (Å²) in [5.41, 5.74) is 9.17. The van der Waals surface area contributed by atoms with E-state index in [0.717, 1.165) is 11.3 Å². The molecule has 0 saturated carbocycles. The highest BCUT2D eigenvalue weighted by Crippen LogP contribution is 2.29. The van der Waals surface area contributed by atoms with Gasteiger partial charge in [-0.1, -0.05) is 12.1 Å². The molecule has 1 aromatic heterocycles. The van der Waals surface area contributed by atoms with E-state index in [1.54, 1.807) is 43.5 Å². The quantitative estimate of drug-likeness (QED) is 0.393. The Morgan fingerprint density at radius 3 is 2.61 bits per heavy atom.